The van der Waals surface area contributed by atoms with Gasteiger partial charge in [0.05, 0.1) is 22.6 Å². The van der Waals surface area contributed by atoms with Crippen molar-refractivity contribution in [2.24, 2.45) is 10.7 Å². The summed E-state index contributed by atoms with van der Waals surface area (Å²) in [5, 5.41) is 11.0. The maximum Gasteiger partial charge on any atom is 0.275 e. The molecule has 114 valence electrons. The van der Waals surface area contributed by atoms with Crippen molar-refractivity contribution in [1.29, 1.82) is 0 Å². The lowest BCUT2D eigenvalue weighted by Crippen LogP contribution is -2.12. The van der Waals surface area contributed by atoms with E-state index in [2.05, 4.69) is 4.99 Å². The molecule has 0 saturated carbocycles. The lowest BCUT2D eigenvalue weighted by Gasteiger charge is -2.07. The fourth-order valence-electron chi connectivity index (χ4n) is 1.63. The SMILES string of the molecule is NC(CCl)=Nc1cc(Oc2ccc(F)cc2)cc([N+](=O)[O-])c1. The zero-order valence-corrected chi connectivity index (χ0v) is 12.0. The first-order chi connectivity index (χ1) is 10.5. The molecule has 0 aliphatic rings. The Morgan fingerprint density at radius 2 is 1.95 bits per heavy atom. The highest BCUT2D eigenvalue weighted by Gasteiger charge is 2.11. The molecule has 2 aromatic rings. The van der Waals surface area contributed by atoms with E-state index in [9.17, 15) is 14.5 Å². The van der Waals surface area contributed by atoms with Crippen LogP contribution in [0.5, 0.6) is 11.5 Å². The third-order valence-electron chi connectivity index (χ3n) is 2.55. The van der Waals surface area contributed by atoms with Crippen LogP contribution in [0.2, 0.25) is 0 Å². The standard InChI is InChI=1S/C14H11ClFN3O3/c15-8-14(17)18-10-5-11(19(20)21)7-13(6-10)22-12-3-1-9(16)2-4-12/h1-7H,8H2,(H2,17,18). The average molecular weight is 324 g/mol. The number of halogens is 2. The van der Waals surface area contributed by atoms with Gasteiger partial charge in [0, 0.05) is 12.1 Å². The van der Waals surface area contributed by atoms with Crippen molar-refractivity contribution >= 4 is 28.8 Å². The minimum Gasteiger partial charge on any atom is -0.457 e. The highest BCUT2D eigenvalue weighted by Crippen LogP contribution is 2.31. The summed E-state index contributed by atoms with van der Waals surface area (Å²) in [4.78, 5) is 14.3. The van der Waals surface area contributed by atoms with Crippen LogP contribution in [0.3, 0.4) is 0 Å². The van der Waals surface area contributed by atoms with Crippen molar-refractivity contribution in [2.75, 3.05) is 5.88 Å². The Labute approximate surface area is 130 Å². The molecule has 0 aromatic heterocycles. The van der Waals surface area contributed by atoms with Gasteiger partial charge in [-0.3, -0.25) is 10.1 Å². The molecule has 0 amide bonds. The van der Waals surface area contributed by atoms with E-state index in [4.69, 9.17) is 22.1 Å². The Hall–Kier alpha value is -2.67. The van der Waals surface area contributed by atoms with Crippen molar-refractivity contribution in [1.82, 2.24) is 0 Å². The summed E-state index contributed by atoms with van der Waals surface area (Å²) in [5.74, 6) is 0.224. The first kappa shape index (κ1) is 15.7. The van der Waals surface area contributed by atoms with Crippen LogP contribution >= 0.6 is 11.6 Å². The molecule has 0 spiro atoms. The Bertz CT molecular complexity index is 720. The number of aliphatic imine (C=N–C) groups is 1. The van der Waals surface area contributed by atoms with Crippen molar-refractivity contribution in [3.05, 3.63) is 58.4 Å². The first-order valence-corrected chi connectivity index (χ1v) is 6.63. The average Bonchev–Trinajstić information content (AvgIpc) is 2.49. The Kier molecular flexibility index (Phi) is 4.90. The Balaban J connectivity index is 2.37. The molecule has 22 heavy (non-hydrogen) atoms. The summed E-state index contributed by atoms with van der Waals surface area (Å²) in [5.41, 5.74) is 5.55. The lowest BCUT2D eigenvalue weighted by atomic mass is 10.2. The van der Waals surface area contributed by atoms with E-state index >= 15 is 0 Å². The monoisotopic (exact) mass is 323 g/mol. The number of ether oxygens (including phenoxy) is 1. The minimum atomic E-state index is -0.576. The van der Waals surface area contributed by atoms with Gasteiger partial charge in [-0.15, -0.1) is 11.6 Å². The second-order valence-corrected chi connectivity index (χ2v) is 4.50. The number of benzene rings is 2. The summed E-state index contributed by atoms with van der Waals surface area (Å²) in [6.07, 6.45) is 0. The summed E-state index contributed by atoms with van der Waals surface area (Å²) in [6.45, 7) is 0. The first-order valence-electron chi connectivity index (χ1n) is 6.10. The van der Waals surface area contributed by atoms with E-state index in [0.717, 1.165) is 0 Å². The fraction of sp³-hybridized carbons (Fsp3) is 0.0714. The molecule has 6 nitrogen and oxygen atoms in total. The highest BCUT2D eigenvalue weighted by molar-refractivity contribution is 6.28. The molecule has 0 unspecified atom stereocenters. The smallest absolute Gasteiger partial charge is 0.275 e. The number of nitrogens with zero attached hydrogens (tertiary/aromatic N) is 2. The van der Waals surface area contributed by atoms with E-state index in [1.54, 1.807) is 0 Å². The van der Waals surface area contributed by atoms with Crippen LogP contribution in [0.1, 0.15) is 0 Å². The zero-order valence-electron chi connectivity index (χ0n) is 11.2. The number of hydrogen-bond donors (Lipinski definition) is 1. The van der Waals surface area contributed by atoms with Gasteiger partial charge in [-0.05, 0) is 24.3 Å². The van der Waals surface area contributed by atoms with E-state index in [1.807, 2.05) is 0 Å². The molecule has 2 aromatic carbocycles. The maximum atomic E-state index is 12.9. The molecule has 0 fully saturated rings. The molecule has 0 heterocycles. The Morgan fingerprint density at radius 3 is 2.55 bits per heavy atom. The lowest BCUT2D eigenvalue weighted by molar-refractivity contribution is -0.384. The van der Waals surface area contributed by atoms with E-state index in [1.165, 1.54) is 42.5 Å². The largest absolute Gasteiger partial charge is 0.457 e. The number of non-ortho nitro benzene ring substituents is 1. The van der Waals surface area contributed by atoms with Crippen molar-refractivity contribution in [3.63, 3.8) is 0 Å². The van der Waals surface area contributed by atoms with Crippen molar-refractivity contribution in [3.8, 4) is 11.5 Å². The predicted octanol–water partition coefficient (Wildman–Crippen LogP) is 3.75. The van der Waals surface area contributed by atoms with Crippen LogP contribution in [0.15, 0.2) is 47.5 Å². The van der Waals surface area contributed by atoms with Crippen LogP contribution in [0, 0.1) is 15.9 Å². The van der Waals surface area contributed by atoms with Crippen LogP contribution in [-0.2, 0) is 0 Å². The van der Waals surface area contributed by atoms with Crippen molar-refractivity contribution in [2.45, 2.75) is 0 Å². The molecule has 0 bridgehead atoms. The number of alkyl halides is 1. The topological polar surface area (TPSA) is 90.8 Å². The van der Waals surface area contributed by atoms with Crippen LogP contribution in [-0.4, -0.2) is 16.6 Å². The summed E-state index contributed by atoms with van der Waals surface area (Å²) in [7, 11) is 0. The fourth-order valence-corrected chi connectivity index (χ4v) is 1.69. The zero-order chi connectivity index (χ0) is 16.1. The predicted molar refractivity (Wildman–Crippen MR) is 81.6 cm³/mol. The molecule has 0 saturated heterocycles. The summed E-state index contributed by atoms with van der Waals surface area (Å²) >= 11 is 5.53. The number of rotatable bonds is 5. The van der Waals surface area contributed by atoms with E-state index in [0.29, 0.717) is 5.75 Å². The molecule has 2 N–H and O–H groups in total. The Morgan fingerprint density at radius 1 is 1.27 bits per heavy atom. The number of nitro groups is 1. The molecule has 0 atom stereocenters. The van der Waals surface area contributed by atoms with Gasteiger partial charge in [0.1, 0.15) is 23.2 Å². The normalized spacial score (nSPS) is 11.3. The number of nitrogens with two attached hydrogens (primary N) is 1. The van der Waals surface area contributed by atoms with Gasteiger partial charge >= 0.3 is 0 Å². The second kappa shape index (κ2) is 6.86. The minimum absolute atomic E-state index is 0.00313. The number of nitro benzene ring substituents is 1. The van der Waals surface area contributed by atoms with Gasteiger partial charge in [0.15, 0.2) is 0 Å². The highest BCUT2D eigenvalue weighted by atomic mass is 35.5. The van der Waals surface area contributed by atoms with Gasteiger partial charge < -0.3 is 10.5 Å². The van der Waals surface area contributed by atoms with Gasteiger partial charge in [0.25, 0.3) is 5.69 Å². The van der Waals surface area contributed by atoms with Crippen LogP contribution in [0.25, 0.3) is 0 Å². The molecular weight excluding hydrogens is 313 g/mol. The molecule has 0 aliphatic carbocycles. The number of hydrogen-bond acceptors (Lipinski definition) is 4. The van der Waals surface area contributed by atoms with E-state index in [-0.39, 0.29) is 28.8 Å². The van der Waals surface area contributed by atoms with Gasteiger partial charge in [-0.1, -0.05) is 0 Å². The quantitative estimate of drug-likeness (QED) is 0.298. The summed E-state index contributed by atoms with van der Waals surface area (Å²) < 4.78 is 18.3. The molecule has 2 rings (SSSR count). The maximum absolute atomic E-state index is 12.9. The van der Waals surface area contributed by atoms with Crippen molar-refractivity contribution < 1.29 is 14.1 Å². The molecule has 0 aliphatic heterocycles. The van der Waals surface area contributed by atoms with E-state index < -0.39 is 10.7 Å². The van der Waals surface area contributed by atoms with Crippen LogP contribution in [0.4, 0.5) is 15.8 Å². The van der Waals surface area contributed by atoms with Gasteiger partial charge in [-0.2, -0.15) is 0 Å². The number of amidine groups is 1. The third kappa shape index (κ3) is 4.16. The molecular formula is C14H11ClFN3O3. The van der Waals surface area contributed by atoms with Gasteiger partial charge in [-0.25, -0.2) is 9.38 Å². The third-order valence-corrected chi connectivity index (χ3v) is 2.82. The molecule has 0 radical (unpaired) electrons. The summed E-state index contributed by atoms with van der Waals surface area (Å²) in [6, 6.07) is 9.20. The second-order valence-electron chi connectivity index (χ2n) is 4.23. The van der Waals surface area contributed by atoms with Gasteiger partial charge in [0.2, 0.25) is 0 Å². The van der Waals surface area contributed by atoms with Crippen LogP contribution < -0.4 is 10.5 Å². The molecule has 8 heteroatoms.